The largest absolute Gasteiger partial charge is 0.390 e. The van der Waals surface area contributed by atoms with E-state index >= 15 is 0 Å². The van der Waals surface area contributed by atoms with Crippen LogP contribution in [0.1, 0.15) is 142 Å². The monoisotopic (exact) mass is 1190 g/mol. The van der Waals surface area contributed by atoms with E-state index in [0.717, 1.165) is 14.7 Å². The van der Waals surface area contributed by atoms with Crippen LogP contribution in [-0.2, 0) is 52.7 Å². The van der Waals surface area contributed by atoms with Crippen molar-refractivity contribution < 1.29 is 57.8 Å². The number of carbonyl (C=O) groups excluding carboxylic acids is 11. The van der Waals surface area contributed by atoms with Crippen molar-refractivity contribution in [3.63, 3.8) is 0 Å². The maximum absolute atomic E-state index is 14.9. The van der Waals surface area contributed by atoms with Crippen molar-refractivity contribution >= 4 is 65.0 Å². The van der Waals surface area contributed by atoms with Crippen LogP contribution < -0.4 is 21.3 Å². The van der Waals surface area contributed by atoms with Crippen LogP contribution in [0.2, 0.25) is 0 Å². The van der Waals surface area contributed by atoms with Gasteiger partial charge in [-0.25, -0.2) is 0 Å². The highest BCUT2D eigenvalue weighted by molar-refractivity contribution is 6.00. The Kier molecular flexibility index (Phi) is 31.1. The molecule has 23 nitrogen and oxygen atoms in total. The Morgan fingerprint density at radius 2 is 0.940 bits per heavy atom. The van der Waals surface area contributed by atoms with E-state index in [1.54, 1.807) is 46.8 Å². The first-order valence-electron chi connectivity index (χ1n) is 29.8. The molecule has 0 aromatic rings. The Hall–Kier alpha value is -6.39. The van der Waals surface area contributed by atoms with E-state index in [0.29, 0.717) is 6.42 Å². The summed E-state index contributed by atoms with van der Waals surface area (Å²) in [5.41, 5.74) is 0. The molecular weight excluding hydrogens is 1080 g/mol. The van der Waals surface area contributed by atoms with Crippen LogP contribution in [0, 0.1) is 35.5 Å². The summed E-state index contributed by atoms with van der Waals surface area (Å²) in [6, 6.07) is -12.7. The fraction of sp³-hybridized carbons (Fsp3) is 0.754. The maximum Gasteiger partial charge on any atom is 0.249 e. The Morgan fingerprint density at radius 3 is 1.39 bits per heavy atom. The molecule has 23 heteroatoms. The van der Waals surface area contributed by atoms with Crippen LogP contribution in [0.3, 0.4) is 0 Å². The highest BCUT2D eigenvalue weighted by Gasteiger charge is 2.44. The minimum absolute atomic E-state index is 0.00964. The lowest BCUT2D eigenvalue weighted by atomic mass is 9.92. The summed E-state index contributed by atoms with van der Waals surface area (Å²) in [5.74, 6) is -9.47. The van der Waals surface area contributed by atoms with Crippen molar-refractivity contribution in [2.45, 2.75) is 209 Å². The molecule has 5 N–H and O–H groups in total. The van der Waals surface area contributed by atoms with Crippen molar-refractivity contribution in [3.05, 3.63) is 24.8 Å². The molecule has 0 aliphatic carbocycles. The van der Waals surface area contributed by atoms with Gasteiger partial charge >= 0.3 is 0 Å². The molecule has 1 heterocycles. The molecule has 11 amide bonds. The summed E-state index contributed by atoms with van der Waals surface area (Å²) >= 11 is 0. The number of amides is 11. The van der Waals surface area contributed by atoms with Gasteiger partial charge in [-0.05, 0) is 94.8 Å². The zero-order valence-corrected chi connectivity index (χ0v) is 54.8. The number of aliphatic hydroxyl groups excluding tert-OH is 1. The van der Waals surface area contributed by atoms with Crippen molar-refractivity contribution in [1.29, 1.82) is 0 Å². The van der Waals surface area contributed by atoms with Gasteiger partial charge in [0, 0.05) is 49.3 Å². The summed E-state index contributed by atoms with van der Waals surface area (Å²) in [6.07, 6.45) is 4.11. The van der Waals surface area contributed by atoms with Gasteiger partial charge in [0.25, 0.3) is 0 Å². The highest BCUT2D eigenvalue weighted by Crippen LogP contribution is 2.24. The van der Waals surface area contributed by atoms with Crippen LogP contribution >= 0.6 is 0 Å². The molecule has 1 aliphatic rings. The summed E-state index contributed by atoms with van der Waals surface area (Å²) in [6.45, 7) is 29.6. The Bertz CT molecular complexity index is 2320. The van der Waals surface area contributed by atoms with E-state index in [9.17, 15) is 57.8 Å². The predicted molar refractivity (Wildman–Crippen MR) is 324 cm³/mol. The molecule has 12 atom stereocenters. The van der Waals surface area contributed by atoms with Gasteiger partial charge in [0.1, 0.15) is 60.4 Å². The lowest BCUT2D eigenvalue weighted by Crippen LogP contribution is -2.62. The first kappa shape index (κ1) is 75.6. The average molecular weight is 1190 g/mol. The third kappa shape index (κ3) is 21.0. The normalized spacial score (nSPS) is 27.0. The number of rotatable bonds is 15. The maximum atomic E-state index is 14.9. The molecule has 1 saturated heterocycles. The quantitative estimate of drug-likeness (QED) is 0.148. The second kappa shape index (κ2) is 34.5. The molecule has 0 saturated carbocycles. The number of likely N-dealkylation sites (N-methyl/N-ethyl adjacent to an activating group) is 7. The van der Waals surface area contributed by atoms with Crippen LogP contribution in [-0.4, -0.2) is 227 Å². The van der Waals surface area contributed by atoms with Crippen molar-refractivity contribution in [1.82, 2.24) is 55.6 Å². The van der Waals surface area contributed by atoms with E-state index in [2.05, 4.69) is 27.8 Å². The molecule has 478 valence electrons. The van der Waals surface area contributed by atoms with Gasteiger partial charge in [-0.15, -0.1) is 6.58 Å². The van der Waals surface area contributed by atoms with E-state index in [-0.39, 0.29) is 55.8 Å². The molecule has 1 rings (SSSR count). The Morgan fingerprint density at radius 1 is 0.512 bits per heavy atom. The number of hydrogen-bond acceptors (Lipinski definition) is 12. The van der Waals surface area contributed by atoms with Gasteiger partial charge in [-0.1, -0.05) is 101 Å². The number of aliphatic hydroxyl groups is 1. The van der Waals surface area contributed by atoms with E-state index < -0.39 is 150 Å². The highest BCUT2D eigenvalue weighted by atomic mass is 16.3. The van der Waals surface area contributed by atoms with Crippen LogP contribution in [0.15, 0.2) is 24.8 Å². The van der Waals surface area contributed by atoms with Gasteiger partial charge in [-0.3, -0.25) is 52.7 Å². The molecule has 0 radical (unpaired) electrons. The third-order valence-corrected chi connectivity index (χ3v) is 15.7. The summed E-state index contributed by atoms with van der Waals surface area (Å²) < 4.78 is 0. The lowest BCUT2D eigenvalue weighted by Gasteiger charge is -2.40. The number of hydrogen-bond donors (Lipinski definition) is 5. The second-order valence-electron chi connectivity index (χ2n) is 25.1. The summed E-state index contributed by atoms with van der Waals surface area (Å²) in [7, 11) is 9.71. The molecule has 1 fully saturated rings. The zero-order chi connectivity index (χ0) is 65.1. The number of nitrogens with zero attached hydrogens (tertiary/aromatic N) is 7. The zero-order valence-electron chi connectivity index (χ0n) is 54.8. The van der Waals surface area contributed by atoms with Gasteiger partial charge in [0.05, 0.1) is 12.6 Å². The smallest absolute Gasteiger partial charge is 0.249 e. The fourth-order valence-corrected chi connectivity index (χ4v) is 10.2. The molecule has 84 heavy (non-hydrogen) atoms. The average Bonchev–Trinajstić information content (AvgIpc) is 3.53. The molecule has 0 unspecified atom stereocenters. The van der Waals surface area contributed by atoms with Crippen LogP contribution in [0.25, 0.3) is 0 Å². The molecule has 0 aromatic carbocycles. The summed E-state index contributed by atoms with van der Waals surface area (Å²) in [4.78, 5) is 167. The number of nitrogens with one attached hydrogen (secondary N) is 4. The Labute approximate surface area is 501 Å². The lowest BCUT2D eigenvalue weighted by molar-refractivity contribution is -0.155. The van der Waals surface area contributed by atoms with Crippen LogP contribution in [0.5, 0.6) is 0 Å². The first-order chi connectivity index (χ1) is 38.8. The van der Waals surface area contributed by atoms with Gasteiger partial charge < -0.3 is 60.7 Å². The number of carbonyl (C=O) groups is 11. The molecule has 1 aliphatic heterocycles. The van der Waals surface area contributed by atoms with Gasteiger partial charge in [0.15, 0.2) is 0 Å². The standard InChI is InChI=1S/C61H107N11O12/c1-24-27-28-39(14)51(74)50-55(78)64-42(25-2)57(80)66(17)33-48(73)67(18)44(29-34(4)5)54(77)65-49(38(12)13)61(84)69(20)45(30-35(6)7)53(76)62-40(15)52(75)63-41(16)56(79)70(21)46(31-36(8)9)60(83)71(22)47(32-37(10)11)59(82)68(19)43(26-3)58(81)72(50)23/h24,26-27,34-47,49-51,74H,3,25,28-33H2,1-2,4-23H3,(H,62,76)(H,63,75)(H,64,78)(H,65,77)/b27-24+/t39-,40+,41-,42+,43+,44+,45+,46+,47+,49+,50+,51-/m1/s1. The fourth-order valence-electron chi connectivity index (χ4n) is 10.2. The van der Waals surface area contributed by atoms with E-state index in [1.165, 1.54) is 88.9 Å². The third-order valence-electron chi connectivity index (χ3n) is 15.7. The van der Waals surface area contributed by atoms with Crippen LogP contribution in [0.4, 0.5) is 0 Å². The van der Waals surface area contributed by atoms with E-state index in [4.69, 9.17) is 0 Å². The summed E-state index contributed by atoms with van der Waals surface area (Å²) in [5, 5.41) is 22.9. The van der Waals surface area contributed by atoms with E-state index in [1.807, 2.05) is 55.4 Å². The van der Waals surface area contributed by atoms with Crippen molar-refractivity contribution in [3.8, 4) is 0 Å². The molecule has 0 bridgehead atoms. The van der Waals surface area contributed by atoms with Crippen molar-refractivity contribution in [2.24, 2.45) is 35.5 Å². The SMILES string of the molecule is C=C[C@H]1C(=O)N(C)[C@@H]([C@H](O)[C@H](C)C/C=C/C)C(=O)N[C@@H](CC)C(=O)N(C)CC(=O)N(C)[C@@H](CC(C)C)C(=O)N[C@@H](C(C)C)C(=O)N(C)[C@@H](CC(C)C)C(=O)N[C@@H](C)C(=O)N[C@H](C)C(=O)N(C)[C@@H](CC(C)C)C(=O)N(C)[C@@H](CC(C)C)C(=O)N1C. The second-order valence-corrected chi connectivity index (χ2v) is 25.1. The molecular formula is C61H107N11O12. The molecule has 0 aromatic heterocycles. The molecule has 0 spiro atoms. The predicted octanol–water partition coefficient (Wildman–Crippen LogP) is 2.80. The van der Waals surface area contributed by atoms with Gasteiger partial charge in [0.2, 0.25) is 65.0 Å². The minimum atomic E-state index is -1.65. The number of allylic oxidation sites excluding steroid dienone is 2. The van der Waals surface area contributed by atoms with Gasteiger partial charge in [-0.2, -0.15) is 0 Å². The van der Waals surface area contributed by atoms with Crippen molar-refractivity contribution in [2.75, 3.05) is 55.9 Å². The Balaban J connectivity index is 4.28. The topological polar surface area (TPSA) is 279 Å². The first-order valence-corrected chi connectivity index (χ1v) is 29.8. The minimum Gasteiger partial charge on any atom is -0.390 e.